The summed E-state index contributed by atoms with van der Waals surface area (Å²) in [5.41, 5.74) is 0.951. The molecule has 13 heavy (non-hydrogen) atoms. The minimum Gasteiger partial charge on any atom is -0.465 e. The minimum atomic E-state index is -0.426. The monoisotopic (exact) mass is 243 g/mol. The molecule has 0 saturated heterocycles. The van der Waals surface area contributed by atoms with E-state index in [4.69, 9.17) is 5.11 Å². The van der Waals surface area contributed by atoms with Crippen molar-refractivity contribution >= 4 is 21.9 Å². The van der Waals surface area contributed by atoms with Gasteiger partial charge in [0.15, 0.2) is 0 Å². The van der Waals surface area contributed by atoms with Gasteiger partial charge in [-0.15, -0.1) is 0 Å². The lowest BCUT2D eigenvalue weighted by atomic mass is 10.1. The predicted octanol–water partition coefficient (Wildman–Crippen LogP) is 2.12. The van der Waals surface area contributed by atoms with Crippen molar-refractivity contribution in [2.24, 2.45) is 0 Å². The highest BCUT2D eigenvalue weighted by molar-refractivity contribution is 9.10. The highest BCUT2D eigenvalue weighted by Crippen LogP contribution is 2.17. The molecule has 0 unspecified atom stereocenters. The molecule has 0 bridgehead atoms. The number of esters is 1. The zero-order chi connectivity index (χ0) is 9.84. The van der Waals surface area contributed by atoms with E-state index in [9.17, 15) is 4.79 Å². The molecule has 1 aromatic carbocycles. The third-order valence-electron chi connectivity index (χ3n) is 1.49. The number of hydrogen-bond donors (Lipinski definition) is 1. The van der Waals surface area contributed by atoms with Crippen molar-refractivity contribution in [3.05, 3.63) is 40.4 Å². The number of halogens is 1. The molecule has 0 spiro atoms. The molecule has 1 aromatic rings. The maximum absolute atomic E-state index is 11.1. The molecule has 0 amide bonds. The fourth-order valence-corrected chi connectivity index (χ4v) is 1.43. The van der Waals surface area contributed by atoms with Crippen molar-refractivity contribution in [3.63, 3.8) is 0 Å². The number of benzene rings is 1. The lowest BCUT2D eigenvalue weighted by Crippen LogP contribution is -2.01. The molecule has 0 aliphatic rings. The van der Waals surface area contributed by atoms with Crippen LogP contribution in [-0.4, -0.2) is 18.2 Å². The van der Waals surface area contributed by atoms with Crippen molar-refractivity contribution in [3.8, 4) is 0 Å². The van der Waals surface area contributed by atoms with Crippen LogP contribution in [0.5, 0.6) is 0 Å². The van der Waals surface area contributed by atoms with Gasteiger partial charge in [-0.25, -0.2) is 4.79 Å². The van der Waals surface area contributed by atoms with Crippen LogP contribution >= 0.6 is 15.9 Å². The van der Waals surface area contributed by atoms with E-state index in [0.717, 1.165) is 11.1 Å². The average molecular weight is 244 g/mol. The second-order valence-corrected chi connectivity index (χ2v) is 3.31. The molecule has 0 saturated carbocycles. The van der Waals surface area contributed by atoms with Crippen molar-refractivity contribution in [1.82, 2.24) is 0 Å². The smallest absolute Gasteiger partial charge is 0.337 e. The van der Waals surface area contributed by atoms with E-state index >= 15 is 0 Å². The molecule has 3 nitrogen and oxygen atoms in total. The Bertz CT molecular complexity index is 323. The second kappa shape index (κ2) is 4.39. The Morgan fingerprint density at radius 3 is 2.77 bits per heavy atom. The molecule has 0 fully saturated rings. The summed E-state index contributed by atoms with van der Waals surface area (Å²) >= 11 is 3.21. The Kier molecular flexibility index (Phi) is 3.45. The van der Waals surface area contributed by atoms with E-state index in [-0.39, 0.29) is 0 Å². The van der Waals surface area contributed by atoms with Gasteiger partial charge in [0.25, 0.3) is 0 Å². The Morgan fingerprint density at radius 2 is 2.23 bits per heavy atom. The molecule has 4 heteroatoms. The number of aliphatic hydroxyl groups excluding tert-OH is 1. The molecule has 0 aliphatic carbocycles. The summed E-state index contributed by atoms with van der Waals surface area (Å²) in [6.07, 6.45) is 0. The van der Waals surface area contributed by atoms with Gasteiger partial charge >= 0.3 is 5.97 Å². The van der Waals surface area contributed by atoms with Crippen molar-refractivity contribution < 1.29 is 14.6 Å². The molecule has 1 N–H and O–H groups in total. The first kappa shape index (κ1) is 10.2. The van der Waals surface area contributed by atoms with E-state index in [1.807, 2.05) is 0 Å². The summed E-state index contributed by atoms with van der Waals surface area (Å²) < 4.78 is 5.25. The van der Waals surface area contributed by atoms with Gasteiger partial charge in [-0.05, 0) is 23.8 Å². The minimum absolute atomic E-state index is 0.400. The average Bonchev–Trinajstić information content (AvgIpc) is 2.15. The highest BCUT2D eigenvalue weighted by Gasteiger charge is 2.07. The largest absolute Gasteiger partial charge is 0.465 e. The summed E-state index contributed by atoms with van der Waals surface area (Å²) in [7, 11) is 1.31. The summed E-state index contributed by atoms with van der Waals surface area (Å²) in [5.74, 6) is -0.426. The van der Waals surface area contributed by atoms with Crippen LogP contribution in [0.1, 0.15) is 15.9 Å². The normalized spacial score (nSPS) is 9.77. The van der Waals surface area contributed by atoms with Crippen molar-refractivity contribution in [1.29, 1.82) is 0 Å². The van der Waals surface area contributed by atoms with Gasteiger partial charge in [0.1, 0.15) is 6.61 Å². The van der Waals surface area contributed by atoms with Crippen LogP contribution < -0.4 is 0 Å². The Hall–Kier alpha value is -0.870. The molecule has 1 radical (unpaired) electrons. The summed E-state index contributed by atoms with van der Waals surface area (Å²) in [4.78, 5) is 11.1. The maximum Gasteiger partial charge on any atom is 0.337 e. The van der Waals surface area contributed by atoms with Gasteiger partial charge < -0.3 is 9.84 Å². The van der Waals surface area contributed by atoms with Crippen LogP contribution in [0.3, 0.4) is 0 Å². The lowest BCUT2D eigenvalue weighted by Gasteiger charge is -2.02. The molecular weight excluding hydrogens is 236 g/mol. The number of rotatable bonds is 2. The van der Waals surface area contributed by atoms with Crippen LogP contribution in [0.2, 0.25) is 0 Å². The fourth-order valence-electron chi connectivity index (χ4n) is 0.923. The standard InChI is InChI=1S/C9H8BrO3/c1-13-9(12)7-2-6(5-11)3-8(10)4-7/h2-5,11H,1H3. The van der Waals surface area contributed by atoms with E-state index in [1.165, 1.54) is 13.2 Å². The van der Waals surface area contributed by atoms with Gasteiger partial charge in [-0.3, -0.25) is 0 Å². The van der Waals surface area contributed by atoms with E-state index in [1.54, 1.807) is 12.1 Å². The molecule has 69 valence electrons. The molecule has 1 rings (SSSR count). The third-order valence-corrected chi connectivity index (χ3v) is 1.95. The van der Waals surface area contributed by atoms with Gasteiger partial charge in [0, 0.05) is 4.47 Å². The molecule has 0 aromatic heterocycles. The number of methoxy groups -OCH3 is 1. The third kappa shape index (κ3) is 2.54. The maximum atomic E-state index is 11.1. The molecule has 0 aliphatic heterocycles. The van der Waals surface area contributed by atoms with Crippen LogP contribution in [-0.2, 0) is 4.74 Å². The predicted molar refractivity (Wildman–Crippen MR) is 50.8 cm³/mol. The topological polar surface area (TPSA) is 46.5 Å². The van der Waals surface area contributed by atoms with Gasteiger partial charge in [0.05, 0.1) is 12.7 Å². The first-order valence-corrected chi connectivity index (χ1v) is 4.33. The van der Waals surface area contributed by atoms with Crippen molar-refractivity contribution in [2.45, 2.75) is 0 Å². The van der Waals surface area contributed by atoms with E-state index in [2.05, 4.69) is 20.7 Å². The van der Waals surface area contributed by atoms with Gasteiger partial charge in [0.2, 0.25) is 0 Å². The summed E-state index contributed by atoms with van der Waals surface area (Å²) in [5, 5.41) is 8.74. The zero-order valence-corrected chi connectivity index (χ0v) is 8.54. The number of carbonyl (C=O) groups is 1. The highest BCUT2D eigenvalue weighted by atomic mass is 79.9. The summed E-state index contributed by atoms with van der Waals surface area (Å²) in [6.45, 7) is 0.928. The Labute approximate surface area is 84.5 Å². The van der Waals surface area contributed by atoms with Crippen LogP contribution in [0.4, 0.5) is 0 Å². The zero-order valence-electron chi connectivity index (χ0n) is 6.95. The van der Waals surface area contributed by atoms with Crippen LogP contribution in [0.25, 0.3) is 0 Å². The van der Waals surface area contributed by atoms with E-state index < -0.39 is 5.97 Å². The molecular formula is C9H8BrO3. The van der Waals surface area contributed by atoms with E-state index in [0.29, 0.717) is 11.1 Å². The SMILES string of the molecule is COC(=O)c1cc(Br)cc([CH]O)c1. The summed E-state index contributed by atoms with van der Waals surface area (Å²) in [6, 6.07) is 4.85. The van der Waals surface area contributed by atoms with Crippen molar-refractivity contribution in [2.75, 3.05) is 7.11 Å². The molecule has 0 atom stereocenters. The first-order chi connectivity index (χ1) is 6.17. The quantitative estimate of drug-likeness (QED) is 0.810. The number of carbonyl (C=O) groups excluding carboxylic acids is 1. The first-order valence-electron chi connectivity index (χ1n) is 3.53. The lowest BCUT2D eigenvalue weighted by molar-refractivity contribution is 0.0600. The Morgan fingerprint density at radius 1 is 1.54 bits per heavy atom. The van der Waals surface area contributed by atoms with Crippen LogP contribution in [0, 0.1) is 6.61 Å². The number of hydrogen-bond acceptors (Lipinski definition) is 3. The van der Waals surface area contributed by atoms with Crippen LogP contribution in [0.15, 0.2) is 22.7 Å². The van der Waals surface area contributed by atoms with Gasteiger partial charge in [-0.1, -0.05) is 15.9 Å². The Balaban J connectivity index is 3.08. The fraction of sp³-hybridized carbons (Fsp3) is 0.111. The second-order valence-electron chi connectivity index (χ2n) is 2.39. The number of aliphatic hydroxyl groups is 1. The number of ether oxygens (including phenoxy) is 1. The molecule has 0 heterocycles. The van der Waals surface area contributed by atoms with Gasteiger partial charge in [-0.2, -0.15) is 0 Å².